The third-order valence-corrected chi connectivity index (χ3v) is 2.94. The maximum absolute atomic E-state index is 7.77. The Balaban J connectivity index is 2.27. The first kappa shape index (κ1) is 13.9. The fourth-order valence-electron chi connectivity index (χ4n) is 1.89. The number of nitrogens with one attached hydrogen (secondary N) is 2. The van der Waals surface area contributed by atoms with Crippen molar-refractivity contribution in [1.29, 1.82) is 5.41 Å². The van der Waals surface area contributed by atoms with Crippen molar-refractivity contribution in [3.8, 4) is 0 Å². The Labute approximate surface area is 118 Å². The van der Waals surface area contributed by atoms with E-state index in [0.717, 1.165) is 23.4 Å². The van der Waals surface area contributed by atoms with Gasteiger partial charge in [-0.25, -0.2) is 0 Å². The molecule has 1 heterocycles. The molecule has 0 aliphatic carbocycles. The zero-order valence-electron chi connectivity index (χ0n) is 11.7. The molecule has 2 rings (SSSR count). The largest absolute Gasteiger partial charge is 0.385 e. The van der Waals surface area contributed by atoms with Gasteiger partial charge in [-0.3, -0.25) is 9.98 Å². The highest BCUT2D eigenvalue weighted by Gasteiger charge is 1.98. The second-order valence-electron chi connectivity index (χ2n) is 4.50. The highest BCUT2D eigenvalue weighted by atomic mass is 15.1. The first-order chi connectivity index (χ1) is 9.60. The molecular weight excluding hydrogens is 250 g/mol. The van der Waals surface area contributed by atoms with Gasteiger partial charge in [0, 0.05) is 24.6 Å². The van der Waals surface area contributed by atoms with E-state index in [1.807, 2.05) is 25.3 Å². The van der Waals surface area contributed by atoms with Gasteiger partial charge in [0.2, 0.25) is 5.62 Å². The highest BCUT2D eigenvalue weighted by Crippen LogP contribution is 2.17. The summed E-state index contributed by atoms with van der Waals surface area (Å²) < 4.78 is 1.64. The van der Waals surface area contributed by atoms with Crippen molar-refractivity contribution in [3.05, 3.63) is 47.7 Å². The summed E-state index contributed by atoms with van der Waals surface area (Å²) in [4.78, 5) is 3.91. The molecule has 2 aromatic rings. The van der Waals surface area contributed by atoms with Crippen molar-refractivity contribution in [3.63, 3.8) is 0 Å². The molecule has 5 nitrogen and oxygen atoms in total. The van der Waals surface area contributed by atoms with Crippen LogP contribution >= 0.6 is 0 Å². The zero-order valence-corrected chi connectivity index (χ0v) is 11.7. The highest BCUT2D eigenvalue weighted by molar-refractivity contribution is 5.74. The minimum atomic E-state index is 0.119. The minimum Gasteiger partial charge on any atom is -0.385 e. The van der Waals surface area contributed by atoms with Gasteiger partial charge in [0.1, 0.15) is 5.82 Å². The molecule has 104 valence electrons. The summed E-state index contributed by atoms with van der Waals surface area (Å²) in [6.07, 6.45) is 3.61. The van der Waals surface area contributed by atoms with Gasteiger partial charge in [-0.15, -0.1) is 0 Å². The molecule has 0 aliphatic heterocycles. The maximum atomic E-state index is 7.77. The van der Waals surface area contributed by atoms with Gasteiger partial charge < -0.3 is 11.1 Å². The molecule has 0 spiro atoms. The molecule has 0 aliphatic rings. The molecule has 1 aromatic carbocycles. The number of nitrogens with two attached hydrogens (primary N) is 1. The monoisotopic (exact) mass is 269 g/mol. The lowest BCUT2D eigenvalue weighted by atomic mass is 10.1. The van der Waals surface area contributed by atoms with Gasteiger partial charge in [-0.1, -0.05) is 12.1 Å². The van der Waals surface area contributed by atoms with Crippen LogP contribution in [0, 0.1) is 5.41 Å². The summed E-state index contributed by atoms with van der Waals surface area (Å²) in [5, 5.41) is 11.0. The van der Waals surface area contributed by atoms with Gasteiger partial charge in [0.25, 0.3) is 0 Å². The van der Waals surface area contributed by atoms with Gasteiger partial charge in [0.15, 0.2) is 0 Å². The predicted octanol–water partition coefficient (Wildman–Crippen LogP) is 2.39. The number of hydrogen-bond acceptors (Lipinski definition) is 4. The molecule has 0 fully saturated rings. The van der Waals surface area contributed by atoms with Crippen molar-refractivity contribution in [1.82, 2.24) is 9.55 Å². The van der Waals surface area contributed by atoms with E-state index < -0.39 is 0 Å². The summed E-state index contributed by atoms with van der Waals surface area (Å²) in [6.45, 7) is 4.98. The van der Waals surface area contributed by atoms with E-state index in [1.165, 1.54) is 0 Å². The summed E-state index contributed by atoms with van der Waals surface area (Å²) in [5.74, 6) is 0.354. The molecule has 1 aromatic heterocycles. The summed E-state index contributed by atoms with van der Waals surface area (Å²) >= 11 is 0. The Morgan fingerprint density at radius 3 is 2.65 bits per heavy atom. The second-order valence-corrected chi connectivity index (χ2v) is 4.50. The van der Waals surface area contributed by atoms with Gasteiger partial charge in [-0.05, 0) is 43.2 Å². The number of aromatic nitrogens is 2. The normalized spacial score (nSPS) is 11.4. The van der Waals surface area contributed by atoms with Crippen LogP contribution in [0.25, 0.3) is 11.8 Å². The van der Waals surface area contributed by atoms with Crippen LogP contribution in [0.2, 0.25) is 0 Å². The molecule has 5 heteroatoms. The van der Waals surface area contributed by atoms with E-state index in [1.54, 1.807) is 16.8 Å². The third kappa shape index (κ3) is 3.26. The first-order valence-corrected chi connectivity index (χ1v) is 6.52. The lowest BCUT2D eigenvalue weighted by Gasteiger charge is -2.07. The SMILES string of the molecule is CCNc1ccc(/C(C)=C/n2ccc(N)nc2=N)cc1. The van der Waals surface area contributed by atoms with Crippen LogP contribution in [0.5, 0.6) is 0 Å². The van der Waals surface area contributed by atoms with Crippen molar-refractivity contribution >= 4 is 23.3 Å². The molecule has 0 radical (unpaired) electrons. The number of hydrogen-bond donors (Lipinski definition) is 3. The quantitative estimate of drug-likeness (QED) is 0.797. The number of rotatable bonds is 4. The third-order valence-electron chi connectivity index (χ3n) is 2.94. The van der Waals surface area contributed by atoms with E-state index in [0.29, 0.717) is 5.82 Å². The van der Waals surface area contributed by atoms with Gasteiger partial charge >= 0.3 is 0 Å². The zero-order chi connectivity index (χ0) is 14.5. The number of benzene rings is 1. The average molecular weight is 269 g/mol. The molecule has 0 unspecified atom stereocenters. The molecule has 0 saturated carbocycles. The topological polar surface area (TPSA) is 79.7 Å². The average Bonchev–Trinajstić information content (AvgIpc) is 2.43. The van der Waals surface area contributed by atoms with Crippen LogP contribution in [-0.2, 0) is 0 Å². The number of allylic oxidation sites excluding steroid dienone is 1. The van der Waals surface area contributed by atoms with Gasteiger partial charge in [0.05, 0.1) is 0 Å². The smallest absolute Gasteiger partial charge is 0.228 e. The van der Waals surface area contributed by atoms with Crippen LogP contribution in [0.1, 0.15) is 19.4 Å². The minimum absolute atomic E-state index is 0.119. The van der Waals surface area contributed by atoms with Crippen molar-refractivity contribution in [2.45, 2.75) is 13.8 Å². The van der Waals surface area contributed by atoms with E-state index in [-0.39, 0.29) is 5.62 Å². The number of nitrogens with zero attached hydrogens (tertiary/aromatic N) is 2. The maximum Gasteiger partial charge on any atom is 0.228 e. The van der Waals surface area contributed by atoms with Crippen molar-refractivity contribution in [2.75, 3.05) is 17.6 Å². The fraction of sp³-hybridized carbons (Fsp3) is 0.200. The molecule has 20 heavy (non-hydrogen) atoms. The molecule has 0 saturated heterocycles. The molecular formula is C15H19N5. The standard InChI is InChI=1S/C15H19N5/c1-3-18-13-6-4-12(5-7-13)11(2)10-20-9-8-14(16)19-15(20)17/h4-10,18H,3H2,1-2H3,(H3,16,17,19)/b11-10+. The second kappa shape index (κ2) is 6.06. The summed E-state index contributed by atoms with van der Waals surface area (Å²) in [6, 6.07) is 9.88. The Kier molecular flexibility index (Phi) is 4.20. The summed E-state index contributed by atoms with van der Waals surface area (Å²) in [7, 11) is 0. The molecule has 0 bridgehead atoms. The predicted molar refractivity (Wildman–Crippen MR) is 82.9 cm³/mol. The number of anilines is 2. The van der Waals surface area contributed by atoms with E-state index in [2.05, 4.69) is 29.4 Å². The van der Waals surface area contributed by atoms with Crippen LogP contribution in [-0.4, -0.2) is 16.1 Å². The van der Waals surface area contributed by atoms with E-state index >= 15 is 0 Å². The van der Waals surface area contributed by atoms with Crippen molar-refractivity contribution in [2.24, 2.45) is 0 Å². The fourth-order valence-corrected chi connectivity index (χ4v) is 1.89. The Hall–Kier alpha value is -2.56. The van der Waals surface area contributed by atoms with Crippen LogP contribution in [0.15, 0.2) is 36.5 Å². The first-order valence-electron chi connectivity index (χ1n) is 6.52. The van der Waals surface area contributed by atoms with E-state index in [4.69, 9.17) is 11.1 Å². The van der Waals surface area contributed by atoms with Crippen molar-refractivity contribution < 1.29 is 0 Å². The number of nitrogen functional groups attached to an aromatic ring is 1. The molecule has 0 amide bonds. The Morgan fingerprint density at radius 2 is 2.05 bits per heavy atom. The Bertz CT molecular complexity index is 667. The van der Waals surface area contributed by atoms with Crippen LogP contribution < -0.4 is 16.7 Å². The van der Waals surface area contributed by atoms with E-state index in [9.17, 15) is 0 Å². The van der Waals surface area contributed by atoms with Crippen LogP contribution in [0.3, 0.4) is 0 Å². The lowest BCUT2D eigenvalue weighted by Crippen LogP contribution is -2.19. The Morgan fingerprint density at radius 1 is 1.35 bits per heavy atom. The van der Waals surface area contributed by atoms with Crippen LogP contribution in [0.4, 0.5) is 11.5 Å². The molecule has 4 N–H and O–H groups in total. The lowest BCUT2D eigenvalue weighted by molar-refractivity contribution is 0.888. The summed E-state index contributed by atoms with van der Waals surface area (Å²) in [5.41, 5.74) is 8.93. The van der Waals surface area contributed by atoms with Gasteiger partial charge in [-0.2, -0.15) is 4.98 Å². The molecule has 0 atom stereocenters.